The Kier molecular flexibility index (Phi) is 10.7. The fourth-order valence-corrected chi connectivity index (χ4v) is 7.92. The van der Waals surface area contributed by atoms with Crippen molar-refractivity contribution in [3.63, 3.8) is 0 Å². The van der Waals surface area contributed by atoms with Gasteiger partial charge in [0.1, 0.15) is 23.9 Å². The van der Waals surface area contributed by atoms with Gasteiger partial charge in [-0.3, -0.25) is 13.9 Å². The van der Waals surface area contributed by atoms with E-state index in [0.29, 0.717) is 25.0 Å². The van der Waals surface area contributed by atoms with Crippen LogP contribution in [0.15, 0.2) is 52.0 Å². The molecule has 0 radical (unpaired) electrons. The van der Waals surface area contributed by atoms with Crippen molar-refractivity contribution >= 4 is 22.0 Å². The van der Waals surface area contributed by atoms with Crippen molar-refractivity contribution in [1.82, 2.24) is 4.90 Å². The van der Waals surface area contributed by atoms with Gasteiger partial charge in [0.25, 0.3) is 10.1 Å². The van der Waals surface area contributed by atoms with Crippen molar-refractivity contribution in [2.24, 2.45) is 11.8 Å². The lowest BCUT2D eigenvalue weighted by molar-refractivity contribution is -0.157. The van der Waals surface area contributed by atoms with Gasteiger partial charge in [-0.2, -0.15) is 8.42 Å². The van der Waals surface area contributed by atoms with E-state index in [4.69, 9.17) is 22.8 Å². The van der Waals surface area contributed by atoms with E-state index < -0.39 is 51.3 Å². The molecule has 6 atom stereocenters. The van der Waals surface area contributed by atoms with Crippen LogP contribution in [-0.2, 0) is 33.3 Å². The second-order valence-electron chi connectivity index (χ2n) is 13.0. The third-order valence-corrected chi connectivity index (χ3v) is 10.2. The highest BCUT2D eigenvalue weighted by Gasteiger charge is 2.68. The average molecular weight is 634 g/mol. The highest BCUT2D eigenvalue weighted by Crippen LogP contribution is 2.56. The summed E-state index contributed by atoms with van der Waals surface area (Å²) < 4.78 is 55.0. The topological polar surface area (TPSA) is 122 Å². The summed E-state index contributed by atoms with van der Waals surface area (Å²) >= 11 is 0. The number of rotatable bonds is 13. The minimum absolute atomic E-state index is 0.0228. The molecule has 4 rings (SSSR count). The maximum atomic E-state index is 14.7. The van der Waals surface area contributed by atoms with E-state index in [1.54, 1.807) is 29.4 Å². The maximum absolute atomic E-state index is 14.7. The lowest BCUT2D eigenvalue weighted by atomic mass is 9.66. The highest BCUT2D eigenvalue weighted by molar-refractivity contribution is 7.86. The van der Waals surface area contributed by atoms with Crippen LogP contribution in [0.25, 0.3) is 0 Å². The van der Waals surface area contributed by atoms with Gasteiger partial charge < -0.3 is 18.6 Å². The number of amides is 1. The molecule has 2 saturated heterocycles. The first-order valence-electron chi connectivity index (χ1n) is 15.4. The average Bonchev–Trinajstić information content (AvgIpc) is 3.58. The van der Waals surface area contributed by atoms with Crippen molar-refractivity contribution < 1.29 is 40.8 Å². The van der Waals surface area contributed by atoms with Crippen LogP contribution < -0.4 is 0 Å². The molecule has 10 nitrogen and oxygen atoms in total. The van der Waals surface area contributed by atoms with Crippen molar-refractivity contribution in [2.45, 2.75) is 108 Å². The van der Waals surface area contributed by atoms with E-state index in [1.165, 1.54) is 19.2 Å². The molecule has 44 heavy (non-hydrogen) atoms. The van der Waals surface area contributed by atoms with Crippen LogP contribution in [0.3, 0.4) is 0 Å². The van der Waals surface area contributed by atoms with Crippen molar-refractivity contribution in [2.75, 3.05) is 20.5 Å². The van der Waals surface area contributed by atoms with Crippen molar-refractivity contribution in [1.29, 1.82) is 0 Å². The first kappa shape index (κ1) is 34.1. The van der Waals surface area contributed by atoms with Gasteiger partial charge in [-0.15, -0.1) is 0 Å². The third kappa shape index (κ3) is 6.90. The third-order valence-electron chi connectivity index (χ3n) is 8.88. The molecule has 1 aromatic carbocycles. The van der Waals surface area contributed by atoms with Gasteiger partial charge in [0, 0.05) is 30.9 Å². The fraction of sp³-hybridized carbons (Fsp3) is 0.636. The number of carbonyl (C=O) groups excluding carboxylic acids is 2. The number of benzene rings is 1. The van der Waals surface area contributed by atoms with Gasteiger partial charge in [0.05, 0.1) is 29.4 Å². The summed E-state index contributed by atoms with van der Waals surface area (Å²) in [7, 11) is -2.55. The van der Waals surface area contributed by atoms with Gasteiger partial charge in [0.2, 0.25) is 0 Å². The molecule has 1 amide bonds. The number of ketones is 1. The summed E-state index contributed by atoms with van der Waals surface area (Å²) in [4.78, 5) is 30.7. The number of methoxy groups -OCH3 is 1. The molecule has 5 unspecified atom stereocenters. The Morgan fingerprint density at radius 2 is 1.89 bits per heavy atom. The standard InChI is InChI=1S/C33H47NO9S/c1-8-9-17-33-25(16-19-42-44(37,38)24-14-12-22(2)13-15-24)30(35)29(23(3)27-11-10-18-40-27)26(20-28(33)41-21-39-7)34(33)31(36)43-32(4,5)6/h10-15,18,23,25-26,28-29H,8-9,16-17,19-21H2,1-7H3/t23-,25?,26?,28?,29?,33?/m1/s1. The van der Waals surface area contributed by atoms with E-state index >= 15 is 0 Å². The molecular formula is C33H47NO9S. The molecule has 0 N–H and O–H groups in total. The van der Waals surface area contributed by atoms with Gasteiger partial charge in [-0.1, -0.05) is 44.4 Å². The van der Waals surface area contributed by atoms with E-state index in [0.717, 1.165) is 12.0 Å². The van der Waals surface area contributed by atoms with Crippen LogP contribution >= 0.6 is 0 Å². The molecule has 11 heteroatoms. The smallest absolute Gasteiger partial charge is 0.411 e. The lowest BCUT2D eigenvalue weighted by Crippen LogP contribution is -2.68. The van der Waals surface area contributed by atoms with Gasteiger partial charge in [-0.05, 0) is 71.2 Å². The van der Waals surface area contributed by atoms with Gasteiger partial charge in [-0.25, -0.2) is 4.79 Å². The Bertz CT molecular complexity index is 1370. The predicted octanol–water partition coefficient (Wildman–Crippen LogP) is 6.23. The molecule has 244 valence electrons. The van der Waals surface area contributed by atoms with Crippen LogP contribution in [-0.4, -0.2) is 69.0 Å². The predicted molar refractivity (Wildman–Crippen MR) is 164 cm³/mol. The van der Waals surface area contributed by atoms with E-state index in [9.17, 15) is 18.0 Å². The molecule has 0 saturated carbocycles. The zero-order valence-corrected chi connectivity index (χ0v) is 27.7. The summed E-state index contributed by atoms with van der Waals surface area (Å²) in [6, 6.07) is 9.49. The number of hydrogen-bond donors (Lipinski definition) is 0. The van der Waals surface area contributed by atoms with Crippen LogP contribution in [0.5, 0.6) is 0 Å². The largest absolute Gasteiger partial charge is 0.469 e. The number of ether oxygens (including phenoxy) is 3. The first-order chi connectivity index (χ1) is 20.8. The quantitative estimate of drug-likeness (QED) is 0.187. The number of hydrogen-bond acceptors (Lipinski definition) is 9. The van der Waals surface area contributed by atoms with Crippen molar-refractivity contribution in [3.05, 3.63) is 54.0 Å². The summed E-state index contributed by atoms with van der Waals surface area (Å²) in [6.45, 7) is 11.0. The Morgan fingerprint density at radius 1 is 1.18 bits per heavy atom. The Balaban J connectivity index is 1.79. The van der Waals surface area contributed by atoms with Crippen LogP contribution in [0.4, 0.5) is 4.79 Å². The zero-order chi connectivity index (χ0) is 32.3. The van der Waals surface area contributed by atoms with Crippen LogP contribution in [0, 0.1) is 18.8 Å². The SMILES string of the molecule is CCCCC12C(OCOC)CC(C([C@H](C)c3ccco3)C(=O)C1CCOS(=O)(=O)c1ccc(C)cc1)N2C(=O)OC(C)(C)C. The van der Waals surface area contributed by atoms with Crippen molar-refractivity contribution in [3.8, 4) is 0 Å². The number of Topliss-reactive ketones (excluding diaryl/α,β-unsaturated/α-hetero) is 1. The van der Waals surface area contributed by atoms with Gasteiger partial charge in [0.15, 0.2) is 0 Å². The molecule has 0 aliphatic carbocycles. The molecular weight excluding hydrogens is 586 g/mol. The molecule has 3 heterocycles. The number of furan rings is 1. The van der Waals surface area contributed by atoms with E-state index in [1.807, 2.05) is 47.6 Å². The zero-order valence-electron chi connectivity index (χ0n) is 26.9. The number of carbonyl (C=O) groups is 2. The number of piperidine rings is 1. The maximum Gasteiger partial charge on any atom is 0.411 e. The Labute approximate surface area is 261 Å². The van der Waals surface area contributed by atoms with E-state index in [2.05, 4.69) is 0 Å². The molecule has 1 aromatic heterocycles. The lowest BCUT2D eigenvalue weighted by Gasteiger charge is -2.53. The molecule has 2 fully saturated rings. The normalized spacial score (nSPS) is 26.2. The van der Waals surface area contributed by atoms with Crippen LogP contribution in [0.1, 0.15) is 84.0 Å². The molecule has 0 spiro atoms. The molecule has 2 aromatic rings. The summed E-state index contributed by atoms with van der Waals surface area (Å²) in [5.74, 6) is -1.23. The summed E-state index contributed by atoms with van der Waals surface area (Å²) in [5.41, 5.74) is -0.948. The minimum atomic E-state index is -4.08. The fourth-order valence-electron chi connectivity index (χ4n) is 7.00. The number of aryl methyl sites for hydroxylation is 1. The second-order valence-corrected chi connectivity index (χ2v) is 14.6. The highest BCUT2D eigenvalue weighted by atomic mass is 32.2. The monoisotopic (exact) mass is 633 g/mol. The summed E-state index contributed by atoms with van der Waals surface area (Å²) in [6.07, 6.45) is 2.95. The Morgan fingerprint density at radius 3 is 2.48 bits per heavy atom. The minimum Gasteiger partial charge on any atom is -0.469 e. The van der Waals surface area contributed by atoms with E-state index in [-0.39, 0.29) is 36.4 Å². The molecule has 2 aliphatic heterocycles. The first-order valence-corrected chi connectivity index (χ1v) is 16.8. The number of unbranched alkanes of at least 4 members (excludes halogenated alkanes) is 1. The van der Waals surface area contributed by atoms with Gasteiger partial charge >= 0.3 is 6.09 Å². The number of nitrogens with zero attached hydrogens (tertiary/aromatic N) is 1. The summed E-state index contributed by atoms with van der Waals surface area (Å²) in [5, 5.41) is 0. The number of fused-ring (bicyclic) bond motifs is 2. The second kappa shape index (κ2) is 13.7. The molecule has 2 aliphatic rings. The molecule has 2 bridgehead atoms. The van der Waals surface area contributed by atoms with Crippen LogP contribution in [0.2, 0.25) is 0 Å². The Hall–Kier alpha value is -2.73.